The van der Waals surface area contributed by atoms with Crippen LogP contribution in [0.2, 0.25) is 0 Å². The van der Waals surface area contributed by atoms with E-state index in [2.05, 4.69) is 48.7 Å². The monoisotopic (exact) mass is 445 g/mol. The highest BCUT2D eigenvalue weighted by molar-refractivity contribution is 14.0. The summed E-state index contributed by atoms with van der Waals surface area (Å²) in [7, 11) is 0. The molecule has 0 saturated heterocycles. The van der Waals surface area contributed by atoms with E-state index in [-0.39, 0.29) is 30.6 Å². The van der Waals surface area contributed by atoms with E-state index in [1.165, 1.54) is 11.1 Å². The maximum Gasteiger partial charge on any atom is 0.191 e. The van der Waals surface area contributed by atoms with Crippen molar-refractivity contribution in [2.45, 2.75) is 45.4 Å². The number of hydrogen-bond acceptors (Lipinski definition) is 2. The number of nitrogens with zero attached hydrogens (tertiary/aromatic N) is 1. The number of hydrogen-bond donors (Lipinski definition) is 3. The zero-order valence-corrected chi connectivity index (χ0v) is 17.3. The third-order valence-corrected chi connectivity index (χ3v) is 4.56. The van der Waals surface area contributed by atoms with Crippen LogP contribution in [-0.2, 0) is 6.42 Å². The molecule has 0 aromatic heterocycles. The highest BCUT2D eigenvalue weighted by atomic mass is 127. The van der Waals surface area contributed by atoms with E-state index in [0.29, 0.717) is 11.8 Å². The van der Waals surface area contributed by atoms with Crippen molar-refractivity contribution >= 4 is 29.9 Å². The van der Waals surface area contributed by atoms with Gasteiger partial charge < -0.3 is 15.7 Å². The zero-order valence-electron chi connectivity index (χ0n) is 14.9. The minimum atomic E-state index is 0. The fourth-order valence-corrected chi connectivity index (χ4v) is 3.24. The predicted molar refractivity (Wildman–Crippen MR) is 112 cm³/mol. The minimum absolute atomic E-state index is 0. The van der Waals surface area contributed by atoms with Crippen LogP contribution in [0.1, 0.15) is 50.2 Å². The molecule has 5 heteroatoms. The summed E-state index contributed by atoms with van der Waals surface area (Å²) in [5.41, 5.74) is 2.95. The van der Waals surface area contributed by atoms with Gasteiger partial charge in [0.1, 0.15) is 0 Å². The van der Waals surface area contributed by atoms with Crippen molar-refractivity contribution in [3.8, 4) is 0 Å². The van der Waals surface area contributed by atoms with Gasteiger partial charge in [-0.05, 0) is 43.2 Å². The van der Waals surface area contributed by atoms with Crippen LogP contribution in [0.25, 0.3) is 0 Å². The van der Waals surface area contributed by atoms with E-state index in [9.17, 15) is 0 Å². The molecule has 4 nitrogen and oxygen atoms in total. The number of halogens is 1. The van der Waals surface area contributed by atoms with E-state index >= 15 is 0 Å². The normalized spacial score (nSPS) is 17.3. The Bertz CT molecular complexity index is 501. The highest BCUT2D eigenvalue weighted by Crippen LogP contribution is 2.33. The molecule has 2 atom stereocenters. The molecular formula is C19H32IN3O. The second-order valence-corrected chi connectivity index (χ2v) is 6.37. The Morgan fingerprint density at radius 3 is 2.71 bits per heavy atom. The number of fused-ring (bicyclic) bond motifs is 1. The molecule has 0 radical (unpaired) electrons. The van der Waals surface area contributed by atoms with Crippen molar-refractivity contribution in [3.05, 3.63) is 35.4 Å². The fraction of sp³-hybridized carbons (Fsp3) is 0.632. The minimum Gasteiger partial charge on any atom is -0.396 e. The van der Waals surface area contributed by atoms with Gasteiger partial charge in [0.15, 0.2) is 5.96 Å². The SMILES string of the molecule is CCCC(CCO)CN=C(NCC)NCC1Cc2ccccc21.I. The van der Waals surface area contributed by atoms with Gasteiger partial charge in [0.05, 0.1) is 0 Å². The molecule has 2 rings (SSSR count). The summed E-state index contributed by atoms with van der Waals surface area (Å²) >= 11 is 0. The molecule has 0 saturated carbocycles. The summed E-state index contributed by atoms with van der Waals surface area (Å²) < 4.78 is 0. The number of aliphatic hydroxyl groups excluding tert-OH is 1. The van der Waals surface area contributed by atoms with E-state index in [0.717, 1.165) is 51.3 Å². The predicted octanol–water partition coefficient (Wildman–Crippen LogP) is 3.30. The number of aliphatic imine (C=N–C) groups is 1. The first-order valence-electron chi connectivity index (χ1n) is 8.99. The second-order valence-electron chi connectivity index (χ2n) is 6.37. The number of rotatable bonds is 9. The maximum absolute atomic E-state index is 9.16. The van der Waals surface area contributed by atoms with Crippen molar-refractivity contribution in [2.24, 2.45) is 10.9 Å². The van der Waals surface area contributed by atoms with Crippen LogP contribution < -0.4 is 10.6 Å². The lowest BCUT2D eigenvalue weighted by Crippen LogP contribution is -2.41. The van der Waals surface area contributed by atoms with Crippen LogP contribution in [0, 0.1) is 5.92 Å². The van der Waals surface area contributed by atoms with Crippen LogP contribution in [0.4, 0.5) is 0 Å². The largest absolute Gasteiger partial charge is 0.396 e. The lowest BCUT2D eigenvalue weighted by atomic mass is 9.78. The highest BCUT2D eigenvalue weighted by Gasteiger charge is 2.25. The Morgan fingerprint density at radius 2 is 2.04 bits per heavy atom. The molecule has 24 heavy (non-hydrogen) atoms. The van der Waals surface area contributed by atoms with Gasteiger partial charge in [-0.2, -0.15) is 0 Å². The van der Waals surface area contributed by atoms with Gasteiger partial charge in [-0.15, -0.1) is 24.0 Å². The smallest absolute Gasteiger partial charge is 0.191 e. The lowest BCUT2D eigenvalue weighted by molar-refractivity contribution is 0.253. The summed E-state index contributed by atoms with van der Waals surface area (Å²) in [4.78, 5) is 4.72. The summed E-state index contributed by atoms with van der Waals surface area (Å²) in [5, 5.41) is 16.0. The van der Waals surface area contributed by atoms with Gasteiger partial charge in [0.2, 0.25) is 0 Å². The molecule has 136 valence electrons. The standard InChI is InChI=1S/C19H31N3O.HI/c1-3-7-15(10-11-23)13-21-19(20-4-2)22-14-17-12-16-8-5-6-9-18(16)17;/h5-6,8-9,15,17,23H,3-4,7,10-14H2,1-2H3,(H2,20,21,22);1H. The molecule has 1 aliphatic rings. The Balaban J connectivity index is 0.00000288. The third kappa shape index (κ3) is 6.24. The lowest BCUT2D eigenvalue weighted by Gasteiger charge is -2.30. The molecule has 0 bridgehead atoms. The third-order valence-electron chi connectivity index (χ3n) is 4.56. The van der Waals surface area contributed by atoms with Crippen LogP contribution in [0.3, 0.4) is 0 Å². The van der Waals surface area contributed by atoms with Gasteiger partial charge in [0.25, 0.3) is 0 Å². The molecule has 0 aliphatic heterocycles. The summed E-state index contributed by atoms with van der Waals surface area (Å²) in [6, 6.07) is 8.68. The van der Waals surface area contributed by atoms with E-state index < -0.39 is 0 Å². The Kier molecular flexibility index (Phi) is 10.3. The van der Waals surface area contributed by atoms with E-state index in [4.69, 9.17) is 10.1 Å². The fourth-order valence-electron chi connectivity index (χ4n) is 3.24. The first kappa shape index (κ1) is 21.2. The number of benzene rings is 1. The molecule has 0 heterocycles. The molecule has 0 fully saturated rings. The van der Waals surface area contributed by atoms with Crippen LogP contribution in [-0.4, -0.2) is 37.3 Å². The molecular weight excluding hydrogens is 413 g/mol. The molecule has 1 aromatic rings. The first-order valence-corrected chi connectivity index (χ1v) is 8.99. The number of nitrogens with one attached hydrogen (secondary N) is 2. The average molecular weight is 445 g/mol. The van der Waals surface area contributed by atoms with Gasteiger partial charge >= 0.3 is 0 Å². The van der Waals surface area contributed by atoms with E-state index in [1.807, 2.05) is 0 Å². The van der Waals surface area contributed by atoms with Gasteiger partial charge in [-0.3, -0.25) is 4.99 Å². The van der Waals surface area contributed by atoms with Crippen molar-refractivity contribution < 1.29 is 5.11 Å². The van der Waals surface area contributed by atoms with Crippen molar-refractivity contribution in [2.75, 3.05) is 26.2 Å². The van der Waals surface area contributed by atoms with Crippen molar-refractivity contribution in [1.29, 1.82) is 0 Å². The van der Waals surface area contributed by atoms with Crippen LogP contribution in [0.15, 0.2) is 29.3 Å². The first-order chi connectivity index (χ1) is 11.3. The number of aliphatic hydroxyl groups is 1. The van der Waals surface area contributed by atoms with Gasteiger partial charge in [-0.25, -0.2) is 0 Å². The quantitative estimate of drug-likeness (QED) is 0.311. The average Bonchev–Trinajstić information content (AvgIpc) is 2.53. The summed E-state index contributed by atoms with van der Waals surface area (Å²) in [5.74, 6) is 1.97. The molecule has 0 spiro atoms. The molecule has 1 aliphatic carbocycles. The molecule has 1 aromatic carbocycles. The Morgan fingerprint density at radius 1 is 1.25 bits per heavy atom. The van der Waals surface area contributed by atoms with Gasteiger partial charge in [0, 0.05) is 32.2 Å². The Labute approximate surface area is 163 Å². The molecule has 0 amide bonds. The summed E-state index contributed by atoms with van der Waals surface area (Å²) in [6.45, 7) is 7.11. The van der Waals surface area contributed by atoms with E-state index in [1.54, 1.807) is 0 Å². The maximum atomic E-state index is 9.16. The van der Waals surface area contributed by atoms with Crippen LogP contribution in [0.5, 0.6) is 0 Å². The summed E-state index contributed by atoms with van der Waals surface area (Å²) in [6.07, 6.45) is 4.26. The molecule has 3 N–H and O–H groups in total. The Hall–Kier alpha value is -0.820. The van der Waals surface area contributed by atoms with Crippen molar-refractivity contribution in [3.63, 3.8) is 0 Å². The van der Waals surface area contributed by atoms with Crippen LogP contribution >= 0.6 is 24.0 Å². The molecule has 2 unspecified atom stereocenters. The number of guanidine groups is 1. The van der Waals surface area contributed by atoms with Crippen molar-refractivity contribution in [1.82, 2.24) is 10.6 Å². The van der Waals surface area contributed by atoms with Gasteiger partial charge in [-0.1, -0.05) is 37.6 Å². The zero-order chi connectivity index (χ0) is 16.5. The topological polar surface area (TPSA) is 56.7 Å². The second kappa shape index (κ2) is 11.7.